The topological polar surface area (TPSA) is 68.0 Å². The number of pyridine rings is 1. The monoisotopic (exact) mass is 275 g/mol. The van der Waals surface area contributed by atoms with Crippen molar-refractivity contribution >= 4 is 11.7 Å². The van der Waals surface area contributed by atoms with E-state index in [0.29, 0.717) is 22.7 Å². The van der Waals surface area contributed by atoms with E-state index in [1.165, 1.54) is 38.3 Å². The van der Waals surface area contributed by atoms with Gasteiger partial charge in [0, 0.05) is 12.7 Å². The van der Waals surface area contributed by atoms with Gasteiger partial charge in [-0.1, -0.05) is 26.7 Å². The molecule has 1 amide bonds. The van der Waals surface area contributed by atoms with E-state index < -0.39 is 0 Å². The number of nitrogen functional groups attached to an aromatic ring is 1. The van der Waals surface area contributed by atoms with Crippen LogP contribution in [0.15, 0.2) is 18.3 Å². The molecule has 0 saturated heterocycles. The molecule has 1 fully saturated rings. The molecule has 110 valence electrons. The highest BCUT2D eigenvalue weighted by Gasteiger charge is 2.34. The Morgan fingerprint density at radius 2 is 2.10 bits per heavy atom. The normalized spacial score (nSPS) is 17.4. The van der Waals surface area contributed by atoms with Crippen LogP contribution in [0.3, 0.4) is 0 Å². The Morgan fingerprint density at radius 3 is 2.65 bits per heavy atom. The van der Waals surface area contributed by atoms with Gasteiger partial charge in [-0.2, -0.15) is 0 Å². The summed E-state index contributed by atoms with van der Waals surface area (Å²) in [6, 6.07) is 3.38. The highest BCUT2D eigenvalue weighted by Crippen LogP contribution is 2.42. The lowest BCUT2D eigenvalue weighted by Gasteiger charge is -2.31. The Balaban J connectivity index is 1.95. The Bertz CT molecular complexity index is 447. The fourth-order valence-electron chi connectivity index (χ4n) is 3.35. The Kier molecular flexibility index (Phi) is 4.63. The van der Waals surface area contributed by atoms with Crippen molar-refractivity contribution in [3.8, 4) is 0 Å². The van der Waals surface area contributed by atoms with Gasteiger partial charge in [-0.3, -0.25) is 4.79 Å². The zero-order chi connectivity index (χ0) is 14.6. The van der Waals surface area contributed by atoms with Gasteiger partial charge >= 0.3 is 0 Å². The standard InChI is InChI=1S/C16H25N3O/c1-12(2)9-16(7-3-4-8-16)11-19-15(20)13-5-6-14(17)18-10-13/h5-6,10,12H,3-4,7-9,11H2,1-2H3,(H2,17,18)(H,19,20). The highest BCUT2D eigenvalue weighted by atomic mass is 16.1. The highest BCUT2D eigenvalue weighted by molar-refractivity contribution is 5.94. The van der Waals surface area contributed by atoms with Gasteiger partial charge in [0.2, 0.25) is 0 Å². The minimum atomic E-state index is -0.0486. The van der Waals surface area contributed by atoms with Crippen molar-refractivity contribution in [2.45, 2.75) is 46.0 Å². The van der Waals surface area contributed by atoms with Gasteiger partial charge in [-0.15, -0.1) is 0 Å². The maximum atomic E-state index is 12.1. The van der Waals surface area contributed by atoms with E-state index in [2.05, 4.69) is 24.1 Å². The molecule has 2 rings (SSSR count). The number of rotatable bonds is 5. The summed E-state index contributed by atoms with van der Waals surface area (Å²) in [5.74, 6) is 1.06. The molecule has 1 aliphatic carbocycles. The van der Waals surface area contributed by atoms with Gasteiger partial charge in [0.1, 0.15) is 5.82 Å². The van der Waals surface area contributed by atoms with E-state index in [0.717, 1.165) is 6.54 Å². The fourth-order valence-corrected chi connectivity index (χ4v) is 3.35. The molecule has 1 aromatic rings. The summed E-state index contributed by atoms with van der Waals surface area (Å²) in [4.78, 5) is 16.1. The van der Waals surface area contributed by atoms with Crippen LogP contribution in [0.25, 0.3) is 0 Å². The fraction of sp³-hybridized carbons (Fsp3) is 0.625. The number of aromatic nitrogens is 1. The molecule has 0 unspecified atom stereocenters. The lowest BCUT2D eigenvalue weighted by Crippen LogP contribution is -2.36. The lowest BCUT2D eigenvalue weighted by atomic mass is 9.78. The smallest absolute Gasteiger partial charge is 0.252 e. The average molecular weight is 275 g/mol. The van der Waals surface area contributed by atoms with E-state index in [1.54, 1.807) is 12.1 Å². The summed E-state index contributed by atoms with van der Waals surface area (Å²) in [5.41, 5.74) is 6.41. The summed E-state index contributed by atoms with van der Waals surface area (Å²) >= 11 is 0. The molecule has 1 aliphatic rings. The average Bonchev–Trinajstić information content (AvgIpc) is 2.85. The first-order chi connectivity index (χ1) is 9.51. The number of nitrogens with zero attached hydrogens (tertiary/aromatic N) is 1. The molecule has 4 heteroatoms. The number of nitrogens with two attached hydrogens (primary N) is 1. The molecule has 0 atom stereocenters. The molecule has 1 saturated carbocycles. The zero-order valence-corrected chi connectivity index (χ0v) is 12.5. The lowest BCUT2D eigenvalue weighted by molar-refractivity contribution is 0.0921. The summed E-state index contributed by atoms with van der Waals surface area (Å²) in [6.45, 7) is 5.28. The summed E-state index contributed by atoms with van der Waals surface area (Å²) < 4.78 is 0. The number of amides is 1. The number of hydrogen-bond acceptors (Lipinski definition) is 3. The van der Waals surface area contributed by atoms with Crippen LogP contribution >= 0.6 is 0 Å². The maximum absolute atomic E-state index is 12.1. The zero-order valence-electron chi connectivity index (χ0n) is 12.5. The minimum Gasteiger partial charge on any atom is -0.384 e. The third kappa shape index (κ3) is 3.71. The number of carbonyl (C=O) groups is 1. The van der Waals surface area contributed by atoms with Gasteiger partial charge in [0.25, 0.3) is 5.91 Å². The second kappa shape index (κ2) is 6.25. The van der Waals surface area contributed by atoms with Crippen LogP contribution in [0.4, 0.5) is 5.82 Å². The van der Waals surface area contributed by atoms with Gasteiger partial charge in [0.05, 0.1) is 5.56 Å². The maximum Gasteiger partial charge on any atom is 0.252 e. The first-order valence-electron chi connectivity index (χ1n) is 7.50. The molecule has 20 heavy (non-hydrogen) atoms. The second-order valence-electron chi connectivity index (χ2n) is 6.46. The molecule has 0 bridgehead atoms. The number of nitrogens with one attached hydrogen (secondary N) is 1. The predicted molar refractivity (Wildman–Crippen MR) is 81.3 cm³/mol. The quantitative estimate of drug-likeness (QED) is 0.868. The molecule has 1 heterocycles. The molecule has 4 nitrogen and oxygen atoms in total. The molecule has 0 spiro atoms. The first kappa shape index (κ1) is 14.8. The van der Waals surface area contributed by atoms with Crippen LogP contribution in [0, 0.1) is 11.3 Å². The molecule has 1 aromatic heterocycles. The molecule has 3 N–H and O–H groups in total. The van der Waals surface area contributed by atoms with E-state index in [4.69, 9.17) is 5.73 Å². The van der Waals surface area contributed by atoms with Crippen molar-refractivity contribution in [3.63, 3.8) is 0 Å². The third-order valence-corrected chi connectivity index (χ3v) is 4.18. The molecule has 0 radical (unpaired) electrons. The Hall–Kier alpha value is -1.58. The van der Waals surface area contributed by atoms with Gasteiger partial charge < -0.3 is 11.1 Å². The molecule has 0 aromatic carbocycles. The minimum absolute atomic E-state index is 0.0486. The van der Waals surface area contributed by atoms with E-state index >= 15 is 0 Å². The summed E-state index contributed by atoms with van der Waals surface area (Å²) in [7, 11) is 0. The van der Waals surface area contributed by atoms with Crippen molar-refractivity contribution in [2.75, 3.05) is 12.3 Å². The van der Waals surface area contributed by atoms with Crippen LogP contribution in [0.1, 0.15) is 56.3 Å². The van der Waals surface area contributed by atoms with Crippen molar-refractivity contribution in [3.05, 3.63) is 23.9 Å². The van der Waals surface area contributed by atoms with Crippen molar-refractivity contribution in [2.24, 2.45) is 11.3 Å². The SMILES string of the molecule is CC(C)CC1(CNC(=O)c2ccc(N)nc2)CCCC1. The van der Waals surface area contributed by atoms with Crippen LogP contribution in [-0.4, -0.2) is 17.4 Å². The predicted octanol–water partition coefficient (Wildman–Crippen LogP) is 3.00. The second-order valence-corrected chi connectivity index (χ2v) is 6.46. The van der Waals surface area contributed by atoms with Crippen molar-refractivity contribution in [1.82, 2.24) is 10.3 Å². The van der Waals surface area contributed by atoms with E-state index in [9.17, 15) is 4.79 Å². The van der Waals surface area contributed by atoms with E-state index in [-0.39, 0.29) is 5.91 Å². The van der Waals surface area contributed by atoms with Gasteiger partial charge in [-0.05, 0) is 42.7 Å². The van der Waals surface area contributed by atoms with Crippen LogP contribution in [-0.2, 0) is 0 Å². The first-order valence-corrected chi connectivity index (χ1v) is 7.50. The van der Waals surface area contributed by atoms with Crippen molar-refractivity contribution in [1.29, 1.82) is 0 Å². The number of anilines is 1. The third-order valence-electron chi connectivity index (χ3n) is 4.18. The Labute approximate surface area is 121 Å². The van der Waals surface area contributed by atoms with Crippen LogP contribution in [0.2, 0.25) is 0 Å². The van der Waals surface area contributed by atoms with Gasteiger partial charge in [0.15, 0.2) is 0 Å². The van der Waals surface area contributed by atoms with Crippen molar-refractivity contribution < 1.29 is 4.79 Å². The van der Waals surface area contributed by atoms with Crippen LogP contribution < -0.4 is 11.1 Å². The molecule has 0 aliphatic heterocycles. The molecular formula is C16H25N3O. The number of carbonyl (C=O) groups excluding carboxylic acids is 1. The van der Waals surface area contributed by atoms with E-state index in [1.807, 2.05) is 0 Å². The van der Waals surface area contributed by atoms with Gasteiger partial charge in [-0.25, -0.2) is 4.98 Å². The largest absolute Gasteiger partial charge is 0.384 e. The number of hydrogen-bond donors (Lipinski definition) is 2. The molecular weight excluding hydrogens is 250 g/mol. The van der Waals surface area contributed by atoms with Crippen LogP contribution in [0.5, 0.6) is 0 Å². The summed E-state index contributed by atoms with van der Waals surface area (Å²) in [6.07, 6.45) is 7.75. The summed E-state index contributed by atoms with van der Waals surface area (Å²) in [5, 5.41) is 3.09. The Morgan fingerprint density at radius 1 is 1.40 bits per heavy atom.